The van der Waals surface area contributed by atoms with Crippen LogP contribution in [0.2, 0.25) is 10.0 Å². The van der Waals surface area contributed by atoms with E-state index in [1.165, 1.54) is 60.7 Å². The monoisotopic (exact) mass is 545 g/mol. The van der Waals surface area contributed by atoms with Gasteiger partial charge in [-0.15, -0.1) is 0 Å². The molecule has 0 bridgehead atoms. The molecule has 3 aromatic carbocycles. The Morgan fingerprint density at radius 2 is 1.22 bits per heavy atom. The maximum absolute atomic E-state index is 13.1. The number of amides is 1. The number of halogens is 2. The highest BCUT2D eigenvalue weighted by atomic mass is 35.5. The van der Waals surface area contributed by atoms with E-state index in [4.69, 9.17) is 37.4 Å². The van der Waals surface area contributed by atoms with Crippen molar-refractivity contribution in [2.45, 2.75) is 19.1 Å². The van der Waals surface area contributed by atoms with Gasteiger partial charge in [0.05, 0.1) is 17.7 Å². The minimum atomic E-state index is -2.18. The van der Waals surface area contributed by atoms with E-state index in [0.29, 0.717) is 22.4 Å². The Labute approximate surface area is 221 Å². The van der Waals surface area contributed by atoms with Crippen molar-refractivity contribution in [2.24, 2.45) is 0 Å². The molecule has 0 fully saturated rings. The van der Waals surface area contributed by atoms with Crippen molar-refractivity contribution in [3.8, 4) is 5.75 Å². The lowest BCUT2D eigenvalue weighted by Crippen LogP contribution is -2.48. The number of anilines is 1. The van der Waals surface area contributed by atoms with Crippen molar-refractivity contribution < 1.29 is 38.5 Å². The first-order chi connectivity index (χ1) is 17.7. The van der Waals surface area contributed by atoms with E-state index in [-0.39, 0.29) is 16.8 Å². The molecule has 37 heavy (non-hydrogen) atoms. The molecule has 3 aromatic rings. The van der Waals surface area contributed by atoms with E-state index in [1.54, 1.807) is 12.1 Å². The van der Waals surface area contributed by atoms with E-state index < -0.39 is 36.0 Å². The number of esters is 2. The zero-order chi connectivity index (χ0) is 26.9. The first kappa shape index (κ1) is 27.5. The Hall–Kier alpha value is -4.08. The van der Waals surface area contributed by atoms with Crippen LogP contribution in [0.3, 0.4) is 0 Å². The van der Waals surface area contributed by atoms with Crippen molar-refractivity contribution in [1.29, 1.82) is 0 Å². The minimum absolute atomic E-state index is 0.00330. The Morgan fingerprint density at radius 1 is 0.757 bits per heavy atom. The van der Waals surface area contributed by atoms with Crippen molar-refractivity contribution in [2.75, 3.05) is 11.9 Å². The Bertz CT molecular complexity index is 1260. The zero-order valence-corrected chi connectivity index (χ0v) is 20.9. The van der Waals surface area contributed by atoms with Gasteiger partial charge in [0.1, 0.15) is 5.75 Å². The molecule has 2 atom stereocenters. The summed E-state index contributed by atoms with van der Waals surface area (Å²) in [5, 5.41) is 13.0. The van der Waals surface area contributed by atoms with Crippen LogP contribution >= 0.6 is 23.2 Å². The molecule has 3 rings (SSSR count). The molecule has 0 heterocycles. The average Bonchev–Trinajstić information content (AvgIpc) is 2.87. The lowest BCUT2D eigenvalue weighted by Gasteiger charge is -2.23. The number of carbonyl (C=O) groups excluding carboxylic acids is 3. The molecule has 0 aromatic heterocycles. The van der Waals surface area contributed by atoms with Gasteiger partial charge in [-0.1, -0.05) is 23.2 Å². The number of hydrogen-bond acceptors (Lipinski definition) is 7. The van der Waals surface area contributed by atoms with E-state index in [2.05, 4.69) is 5.32 Å². The number of hydrogen-bond donors (Lipinski definition) is 2. The molecule has 9 nitrogen and oxygen atoms in total. The third kappa shape index (κ3) is 7.70. The number of ether oxygens (including phenoxy) is 3. The summed E-state index contributed by atoms with van der Waals surface area (Å²) in [6.07, 6.45) is -4.23. The number of rotatable bonds is 10. The van der Waals surface area contributed by atoms with E-state index in [9.17, 15) is 24.3 Å². The highest BCUT2D eigenvalue weighted by molar-refractivity contribution is 6.31. The SMILES string of the molecule is CCOc1ccc(NC(=O)[C@H](OC(=O)c2ccc(Cl)cc2)[C@H](OC(=O)c2ccc(Cl)cc2)C(=O)O)cc1. The number of carbonyl (C=O) groups is 4. The Morgan fingerprint density at radius 3 is 1.65 bits per heavy atom. The molecule has 11 heteroatoms. The predicted octanol–water partition coefficient (Wildman–Crippen LogP) is 4.87. The molecule has 192 valence electrons. The Balaban J connectivity index is 1.88. The molecular formula is C26H21Cl2NO8. The highest BCUT2D eigenvalue weighted by Crippen LogP contribution is 2.20. The maximum Gasteiger partial charge on any atom is 0.349 e. The topological polar surface area (TPSA) is 128 Å². The van der Waals surface area contributed by atoms with Gasteiger partial charge in [-0.3, -0.25) is 4.79 Å². The predicted molar refractivity (Wildman–Crippen MR) is 135 cm³/mol. The smallest absolute Gasteiger partial charge is 0.349 e. The lowest BCUT2D eigenvalue weighted by atomic mass is 10.1. The van der Waals surface area contributed by atoms with E-state index in [1.807, 2.05) is 6.92 Å². The van der Waals surface area contributed by atoms with Crippen molar-refractivity contribution in [1.82, 2.24) is 0 Å². The fourth-order valence-corrected chi connectivity index (χ4v) is 3.30. The molecule has 2 N–H and O–H groups in total. The van der Waals surface area contributed by atoms with Crippen LogP contribution in [0.25, 0.3) is 0 Å². The summed E-state index contributed by atoms with van der Waals surface area (Å²) in [5.41, 5.74) is 0.232. The van der Waals surface area contributed by atoms with Gasteiger partial charge in [-0.2, -0.15) is 0 Å². The molecule has 0 aliphatic heterocycles. The van der Waals surface area contributed by atoms with Crippen LogP contribution in [-0.4, -0.2) is 47.7 Å². The van der Waals surface area contributed by atoms with Gasteiger partial charge < -0.3 is 24.6 Å². The summed E-state index contributed by atoms with van der Waals surface area (Å²) in [4.78, 5) is 50.6. The molecule has 1 amide bonds. The molecule has 0 saturated heterocycles. The van der Waals surface area contributed by atoms with Gasteiger partial charge in [-0.05, 0) is 79.7 Å². The van der Waals surface area contributed by atoms with Crippen LogP contribution in [0.4, 0.5) is 5.69 Å². The second kappa shape index (κ2) is 12.8. The maximum atomic E-state index is 13.1. The fourth-order valence-electron chi connectivity index (χ4n) is 3.05. The normalized spacial score (nSPS) is 12.1. The fraction of sp³-hybridized carbons (Fsp3) is 0.154. The summed E-state index contributed by atoms with van der Waals surface area (Å²) >= 11 is 11.7. The van der Waals surface area contributed by atoms with Gasteiger partial charge in [0, 0.05) is 15.7 Å². The average molecular weight is 546 g/mol. The third-order valence-electron chi connectivity index (χ3n) is 4.84. The molecule has 0 radical (unpaired) electrons. The molecule has 0 saturated carbocycles. The Kier molecular flexibility index (Phi) is 9.48. The van der Waals surface area contributed by atoms with Gasteiger partial charge in [-0.25, -0.2) is 14.4 Å². The van der Waals surface area contributed by atoms with Gasteiger partial charge >= 0.3 is 17.9 Å². The summed E-state index contributed by atoms with van der Waals surface area (Å²) in [7, 11) is 0. The van der Waals surface area contributed by atoms with Crippen LogP contribution < -0.4 is 10.1 Å². The lowest BCUT2D eigenvalue weighted by molar-refractivity contribution is -0.157. The highest BCUT2D eigenvalue weighted by Gasteiger charge is 2.41. The van der Waals surface area contributed by atoms with E-state index >= 15 is 0 Å². The molecule has 0 aliphatic rings. The largest absolute Gasteiger partial charge is 0.494 e. The number of carboxylic acid groups (broad SMARTS) is 1. The number of carboxylic acids is 1. The molecule has 0 unspecified atom stereocenters. The second-order valence-corrected chi connectivity index (χ2v) is 8.32. The molecule has 0 spiro atoms. The van der Waals surface area contributed by atoms with Gasteiger partial charge in [0.25, 0.3) is 5.91 Å². The van der Waals surface area contributed by atoms with Crippen molar-refractivity contribution in [3.05, 3.63) is 94.0 Å². The van der Waals surface area contributed by atoms with Gasteiger partial charge in [0.2, 0.25) is 12.2 Å². The second-order valence-electron chi connectivity index (χ2n) is 7.45. The van der Waals surface area contributed by atoms with Crippen molar-refractivity contribution in [3.63, 3.8) is 0 Å². The molecular weight excluding hydrogens is 525 g/mol. The number of nitrogens with one attached hydrogen (secondary N) is 1. The van der Waals surface area contributed by atoms with Crippen LogP contribution in [0.1, 0.15) is 27.6 Å². The summed E-state index contributed by atoms with van der Waals surface area (Å²) in [6.45, 7) is 2.25. The minimum Gasteiger partial charge on any atom is -0.494 e. The van der Waals surface area contributed by atoms with E-state index in [0.717, 1.165) is 0 Å². The van der Waals surface area contributed by atoms with Crippen LogP contribution in [0, 0.1) is 0 Å². The van der Waals surface area contributed by atoms with Crippen LogP contribution in [0.5, 0.6) is 5.75 Å². The number of aliphatic carboxylic acids is 1. The standard InChI is InChI=1S/C26H21Cl2NO8/c1-2-35-20-13-11-19(12-14-20)29-23(30)21(36-25(33)15-3-7-17(27)8-4-15)22(24(31)32)37-26(34)16-5-9-18(28)10-6-16/h3-14,21-22H,2H2,1H3,(H,29,30)(H,31,32)/t21-,22+/m1/s1. The molecule has 0 aliphatic carbocycles. The number of benzene rings is 3. The first-order valence-electron chi connectivity index (χ1n) is 10.9. The summed E-state index contributed by atoms with van der Waals surface area (Å²) in [6, 6.07) is 17.2. The summed E-state index contributed by atoms with van der Waals surface area (Å²) < 4.78 is 15.7. The van der Waals surface area contributed by atoms with Crippen LogP contribution in [-0.2, 0) is 19.1 Å². The quantitative estimate of drug-likeness (QED) is 0.345. The third-order valence-corrected chi connectivity index (χ3v) is 5.34. The zero-order valence-electron chi connectivity index (χ0n) is 19.4. The first-order valence-corrected chi connectivity index (χ1v) is 11.6. The van der Waals surface area contributed by atoms with Crippen molar-refractivity contribution >= 4 is 52.7 Å². The van der Waals surface area contributed by atoms with Gasteiger partial charge in [0.15, 0.2) is 0 Å². The summed E-state index contributed by atoms with van der Waals surface area (Å²) in [5.74, 6) is -4.30. The van der Waals surface area contributed by atoms with Crippen LogP contribution in [0.15, 0.2) is 72.8 Å².